The second-order valence-electron chi connectivity index (χ2n) is 5.82. The summed E-state index contributed by atoms with van der Waals surface area (Å²) in [5.41, 5.74) is 3.09. The van der Waals surface area contributed by atoms with Gasteiger partial charge >= 0.3 is 0 Å². The largest absolute Gasteiger partial charge is 0.348 e. The van der Waals surface area contributed by atoms with Gasteiger partial charge in [0, 0.05) is 24.4 Å². The van der Waals surface area contributed by atoms with Crippen molar-refractivity contribution >= 4 is 17.5 Å². The summed E-state index contributed by atoms with van der Waals surface area (Å²) in [5.74, 6) is -0.242. The maximum absolute atomic E-state index is 12.1. The van der Waals surface area contributed by atoms with Crippen molar-refractivity contribution in [2.45, 2.75) is 56.5 Å². The Labute approximate surface area is 112 Å². The van der Waals surface area contributed by atoms with E-state index in [1.54, 1.807) is 0 Å². The van der Waals surface area contributed by atoms with Gasteiger partial charge in [-0.2, -0.15) is 5.10 Å². The molecule has 0 aromatic heterocycles. The zero-order valence-electron chi connectivity index (χ0n) is 11.0. The Bertz CT molecular complexity index is 428. The molecular formula is C13H20N4O2. The lowest BCUT2D eigenvalue weighted by Crippen LogP contribution is -2.60. The Morgan fingerprint density at radius 3 is 2.84 bits per heavy atom. The van der Waals surface area contributed by atoms with E-state index in [0.717, 1.165) is 19.4 Å². The normalized spacial score (nSPS) is 29.2. The van der Waals surface area contributed by atoms with Crippen molar-refractivity contribution in [3.63, 3.8) is 0 Å². The average Bonchev–Trinajstić information content (AvgIpc) is 2.38. The van der Waals surface area contributed by atoms with Gasteiger partial charge in [0.1, 0.15) is 5.71 Å². The summed E-state index contributed by atoms with van der Waals surface area (Å²) in [5, 5.41) is 10.5. The number of rotatable bonds is 2. The van der Waals surface area contributed by atoms with Crippen LogP contribution in [0.3, 0.4) is 0 Å². The highest BCUT2D eigenvalue weighted by atomic mass is 16.2. The summed E-state index contributed by atoms with van der Waals surface area (Å²) >= 11 is 0. The third kappa shape index (κ3) is 2.63. The van der Waals surface area contributed by atoms with Crippen molar-refractivity contribution in [3.05, 3.63) is 0 Å². The molecule has 2 heterocycles. The molecule has 3 N–H and O–H groups in total. The fourth-order valence-corrected chi connectivity index (χ4v) is 3.17. The van der Waals surface area contributed by atoms with Gasteiger partial charge in [-0.05, 0) is 38.6 Å². The number of carbonyl (C=O) groups is 2. The first kappa shape index (κ1) is 12.6. The van der Waals surface area contributed by atoms with E-state index in [-0.39, 0.29) is 23.4 Å². The Hall–Kier alpha value is -1.43. The van der Waals surface area contributed by atoms with Gasteiger partial charge in [0.25, 0.3) is 5.91 Å². The summed E-state index contributed by atoms with van der Waals surface area (Å²) in [6.07, 6.45) is 6.49. The van der Waals surface area contributed by atoms with E-state index in [1.807, 2.05) is 0 Å². The molecule has 1 aliphatic carbocycles. The van der Waals surface area contributed by atoms with Crippen LogP contribution >= 0.6 is 0 Å². The summed E-state index contributed by atoms with van der Waals surface area (Å²) in [4.78, 5) is 23.1. The molecule has 0 aromatic rings. The number of hydrazone groups is 1. The quantitative estimate of drug-likeness (QED) is 0.658. The molecule has 1 unspecified atom stereocenters. The van der Waals surface area contributed by atoms with Crippen molar-refractivity contribution in [3.8, 4) is 0 Å². The van der Waals surface area contributed by atoms with Gasteiger partial charge < -0.3 is 10.6 Å². The smallest absolute Gasteiger partial charge is 0.267 e. The minimum atomic E-state index is -0.124. The SMILES string of the molecule is O=C1CCC(C(=O)NC2CCNC3(CCC3)C2)=NN1. The van der Waals surface area contributed by atoms with Crippen molar-refractivity contribution in [1.29, 1.82) is 0 Å². The van der Waals surface area contributed by atoms with Crippen molar-refractivity contribution < 1.29 is 9.59 Å². The third-order valence-corrected chi connectivity index (χ3v) is 4.44. The summed E-state index contributed by atoms with van der Waals surface area (Å²) < 4.78 is 0. The fraction of sp³-hybridized carbons (Fsp3) is 0.769. The molecule has 1 saturated carbocycles. The van der Waals surface area contributed by atoms with Crippen LogP contribution in [-0.2, 0) is 9.59 Å². The molecular weight excluding hydrogens is 244 g/mol. The maximum Gasteiger partial charge on any atom is 0.267 e. The lowest BCUT2D eigenvalue weighted by Gasteiger charge is -2.48. The zero-order valence-corrected chi connectivity index (χ0v) is 11.0. The first-order valence-electron chi connectivity index (χ1n) is 7.08. The highest BCUT2D eigenvalue weighted by Gasteiger charge is 2.41. The predicted molar refractivity (Wildman–Crippen MR) is 70.6 cm³/mol. The highest BCUT2D eigenvalue weighted by molar-refractivity contribution is 6.39. The molecule has 104 valence electrons. The first-order chi connectivity index (χ1) is 9.17. The molecule has 1 atom stereocenters. The Morgan fingerprint density at radius 1 is 1.37 bits per heavy atom. The zero-order chi connectivity index (χ0) is 13.3. The van der Waals surface area contributed by atoms with Gasteiger partial charge in [-0.15, -0.1) is 0 Å². The van der Waals surface area contributed by atoms with Crippen LogP contribution in [0.4, 0.5) is 0 Å². The maximum atomic E-state index is 12.1. The summed E-state index contributed by atoms with van der Waals surface area (Å²) in [7, 11) is 0. The number of amides is 2. The fourth-order valence-electron chi connectivity index (χ4n) is 3.17. The number of nitrogens with zero attached hydrogens (tertiary/aromatic N) is 1. The van der Waals surface area contributed by atoms with E-state index < -0.39 is 0 Å². The lowest BCUT2D eigenvalue weighted by atomic mass is 9.70. The average molecular weight is 264 g/mol. The number of nitrogens with one attached hydrogen (secondary N) is 3. The molecule has 3 rings (SSSR count). The molecule has 3 aliphatic rings. The molecule has 6 heteroatoms. The Kier molecular flexibility index (Phi) is 3.26. The van der Waals surface area contributed by atoms with Crippen LogP contribution in [0.5, 0.6) is 0 Å². The molecule has 6 nitrogen and oxygen atoms in total. The van der Waals surface area contributed by atoms with E-state index in [2.05, 4.69) is 21.2 Å². The number of hydrogen-bond donors (Lipinski definition) is 3. The van der Waals surface area contributed by atoms with Crippen LogP contribution in [0, 0.1) is 0 Å². The molecule has 2 amide bonds. The van der Waals surface area contributed by atoms with Gasteiger partial charge in [0.15, 0.2) is 0 Å². The van der Waals surface area contributed by atoms with Gasteiger partial charge in [-0.1, -0.05) is 0 Å². The molecule has 0 radical (unpaired) electrons. The molecule has 19 heavy (non-hydrogen) atoms. The van der Waals surface area contributed by atoms with Crippen molar-refractivity contribution in [1.82, 2.24) is 16.1 Å². The van der Waals surface area contributed by atoms with Gasteiger partial charge in [0.05, 0.1) is 0 Å². The second-order valence-corrected chi connectivity index (χ2v) is 5.82. The van der Waals surface area contributed by atoms with Crippen LogP contribution in [0.15, 0.2) is 5.10 Å². The summed E-state index contributed by atoms with van der Waals surface area (Å²) in [6, 6.07) is 0.231. The van der Waals surface area contributed by atoms with E-state index in [0.29, 0.717) is 18.6 Å². The van der Waals surface area contributed by atoms with Crippen molar-refractivity contribution in [2.75, 3.05) is 6.54 Å². The second kappa shape index (κ2) is 4.92. The number of carbonyl (C=O) groups excluding carboxylic acids is 2. The van der Waals surface area contributed by atoms with Gasteiger partial charge in [-0.3, -0.25) is 9.59 Å². The topological polar surface area (TPSA) is 82.6 Å². The molecule has 1 saturated heterocycles. The Balaban J connectivity index is 1.56. The van der Waals surface area contributed by atoms with E-state index >= 15 is 0 Å². The molecule has 0 aromatic carbocycles. The number of piperidine rings is 1. The predicted octanol–water partition coefficient (Wildman–Crippen LogP) is 0.0433. The van der Waals surface area contributed by atoms with Crippen molar-refractivity contribution in [2.24, 2.45) is 5.10 Å². The lowest BCUT2D eigenvalue weighted by molar-refractivity contribution is -0.121. The minimum absolute atomic E-state index is 0.119. The van der Waals surface area contributed by atoms with Crippen LogP contribution < -0.4 is 16.1 Å². The molecule has 1 spiro atoms. The Morgan fingerprint density at radius 2 is 2.21 bits per heavy atom. The van der Waals surface area contributed by atoms with Crippen LogP contribution in [0.2, 0.25) is 0 Å². The monoisotopic (exact) mass is 264 g/mol. The number of hydrogen-bond acceptors (Lipinski definition) is 4. The van der Waals surface area contributed by atoms with Crippen LogP contribution in [-0.4, -0.2) is 35.7 Å². The third-order valence-electron chi connectivity index (χ3n) is 4.44. The standard InChI is InChI=1S/C13H20N4O2/c18-11-3-2-10(16-17-11)12(19)15-9-4-7-14-13(8-9)5-1-6-13/h9,14H,1-8H2,(H,15,19)(H,17,18). The van der Waals surface area contributed by atoms with Crippen LogP contribution in [0.25, 0.3) is 0 Å². The highest BCUT2D eigenvalue weighted by Crippen LogP contribution is 2.38. The molecule has 0 bridgehead atoms. The summed E-state index contributed by atoms with van der Waals surface area (Å²) in [6.45, 7) is 0.966. The van der Waals surface area contributed by atoms with Gasteiger partial charge in [-0.25, -0.2) is 5.43 Å². The van der Waals surface area contributed by atoms with E-state index in [9.17, 15) is 9.59 Å². The van der Waals surface area contributed by atoms with E-state index in [1.165, 1.54) is 19.3 Å². The molecule has 2 fully saturated rings. The first-order valence-corrected chi connectivity index (χ1v) is 7.08. The van der Waals surface area contributed by atoms with Gasteiger partial charge in [0.2, 0.25) is 5.91 Å². The van der Waals surface area contributed by atoms with Crippen LogP contribution in [0.1, 0.15) is 44.9 Å². The van der Waals surface area contributed by atoms with E-state index in [4.69, 9.17) is 0 Å². The minimum Gasteiger partial charge on any atom is -0.348 e. The molecule has 2 aliphatic heterocycles.